The van der Waals surface area contributed by atoms with Crippen LogP contribution in [0.1, 0.15) is 52.3 Å². The van der Waals surface area contributed by atoms with Gasteiger partial charge in [-0.3, -0.25) is 14.4 Å². The lowest BCUT2D eigenvalue weighted by molar-refractivity contribution is -0.138. The maximum atomic E-state index is 10.7. The summed E-state index contributed by atoms with van der Waals surface area (Å²) in [5, 5.41) is 22.4. The van der Waals surface area contributed by atoms with E-state index in [0.717, 1.165) is 12.0 Å². The largest absolute Gasteiger partial charge is 0.481 e. The molecule has 10 heteroatoms. The molecule has 0 aromatic carbocycles. The Morgan fingerprint density at radius 2 is 1.83 bits per heavy atom. The molecule has 1 amide bonds. The molecule has 30 heavy (non-hydrogen) atoms. The lowest BCUT2D eigenvalue weighted by Crippen LogP contribution is -2.14. The lowest BCUT2D eigenvalue weighted by Gasteiger charge is -2.13. The fourth-order valence-corrected chi connectivity index (χ4v) is 2.20. The van der Waals surface area contributed by atoms with Gasteiger partial charge in [0.25, 0.3) is 0 Å². The number of nitrogens with one attached hydrogen (secondary N) is 2. The molecule has 0 aliphatic heterocycles. The lowest BCUT2D eigenvalue weighted by atomic mass is 10.2. The number of allylic oxidation sites excluding steroid dienone is 3. The predicted molar refractivity (Wildman–Crippen MR) is 116 cm³/mol. The van der Waals surface area contributed by atoms with E-state index < -0.39 is 11.9 Å². The van der Waals surface area contributed by atoms with Gasteiger partial charge in [-0.15, -0.1) is 0 Å². The average molecular weight is 421 g/mol. The number of carbonyl (C=O) groups excluding carboxylic acids is 1. The zero-order chi connectivity index (χ0) is 22.9. The summed E-state index contributed by atoms with van der Waals surface area (Å²) in [5.41, 5.74) is 7.21. The number of aryl methyl sites for hydroxylation is 1. The number of nitrogens with two attached hydrogens (primary N) is 1. The van der Waals surface area contributed by atoms with Gasteiger partial charge in [0.15, 0.2) is 11.6 Å². The van der Waals surface area contributed by atoms with Crippen LogP contribution >= 0.6 is 0 Å². The van der Waals surface area contributed by atoms with Gasteiger partial charge in [0.2, 0.25) is 6.41 Å². The van der Waals surface area contributed by atoms with Gasteiger partial charge in [-0.2, -0.15) is 0 Å². The minimum absolute atomic E-state index is 0.0892. The number of amides is 1. The third kappa shape index (κ3) is 12.1. The van der Waals surface area contributed by atoms with Crippen molar-refractivity contribution < 1.29 is 24.6 Å². The van der Waals surface area contributed by atoms with Gasteiger partial charge < -0.3 is 26.6 Å². The topological polar surface area (TPSA) is 168 Å². The molecule has 0 saturated heterocycles. The maximum Gasteiger partial charge on any atom is 0.303 e. The number of hydrogen-bond acceptors (Lipinski definition) is 7. The third-order valence-electron chi connectivity index (χ3n) is 3.60. The molecule has 0 spiro atoms. The number of hydrogen-bond donors (Lipinski definition) is 5. The molecule has 0 atom stereocenters. The van der Waals surface area contributed by atoms with E-state index in [9.17, 15) is 14.4 Å². The number of nitrogen functional groups attached to an aromatic ring is 1. The Labute approximate surface area is 176 Å². The van der Waals surface area contributed by atoms with Crippen molar-refractivity contribution in [2.45, 2.75) is 52.9 Å². The van der Waals surface area contributed by atoms with E-state index in [-0.39, 0.29) is 25.1 Å². The van der Waals surface area contributed by atoms with Gasteiger partial charge in [0, 0.05) is 19.4 Å². The monoisotopic (exact) mass is 421 g/mol. The van der Waals surface area contributed by atoms with E-state index in [1.807, 2.05) is 32.9 Å². The minimum Gasteiger partial charge on any atom is -0.481 e. The SMILES string of the molecule is C/C=C\CCC(=O)O.CC/C=C(\C)CNc1nc(CCC(=O)O)nc(N)c1NC=O. The van der Waals surface area contributed by atoms with Crippen LogP contribution in [0.4, 0.5) is 17.3 Å². The highest BCUT2D eigenvalue weighted by Crippen LogP contribution is 2.25. The summed E-state index contributed by atoms with van der Waals surface area (Å²) < 4.78 is 0. The predicted octanol–water partition coefficient (Wildman–Crippen LogP) is 2.84. The summed E-state index contributed by atoms with van der Waals surface area (Å²) >= 11 is 0. The first-order chi connectivity index (χ1) is 14.2. The summed E-state index contributed by atoms with van der Waals surface area (Å²) in [6.45, 7) is 6.42. The summed E-state index contributed by atoms with van der Waals surface area (Å²) in [6, 6.07) is 0. The third-order valence-corrected chi connectivity index (χ3v) is 3.60. The molecule has 166 valence electrons. The summed E-state index contributed by atoms with van der Waals surface area (Å²) in [7, 11) is 0. The van der Waals surface area contributed by atoms with Crippen LogP contribution in [-0.2, 0) is 20.8 Å². The van der Waals surface area contributed by atoms with Crippen molar-refractivity contribution in [1.29, 1.82) is 0 Å². The van der Waals surface area contributed by atoms with Gasteiger partial charge >= 0.3 is 11.9 Å². The summed E-state index contributed by atoms with van der Waals surface area (Å²) in [5.74, 6) is -0.876. The molecular formula is C20H31N5O5. The molecule has 0 radical (unpaired) electrons. The van der Waals surface area contributed by atoms with Crippen LogP contribution in [0.2, 0.25) is 0 Å². The molecule has 6 N–H and O–H groups in total. The Hall–Kier alpha value is -3.43. The van der Waals surface area contributed by atoms with E-state index in [4.69, 9.17) is 15.9 Å². The quantitative estimate of drug-likeness (QED) is 0.252. The zero-order valence-corrected chi connectivity index (χ0v) is 17.6. The molecule has 0 saturated carbocycles. The molecule has 1 aromatic heterocycles. The molecular weight excluding hydrogens is 390 g/mol. The number of carboxylic acids is 2. The maximum absolute atomic E-state index is 10.7. The molecule has 0 aliphatic carbocycles. The van der Waals surface area contributed by atoms with Crippen molar-refractivity contribution in [3.05, 3.63) is 29.6 Å². The Balaban J connectivity index is 0.000000890. The van der Waals surface area contributed by atoms with E-state index in [2.05, 4.69) is 26.7 Å². The van der Waals surface area contributed by atoms with E-state index in [1.54, 1.807) is 0 Å². The average Bonchev–Trinajstić information content (AvgIpc) is 2.67. The number of anilines is 3. The van der Waals surface area contributed by atoms with Crippen LogP contribution in [-0.4, -0.2) is 45.1 Å². The first-order valence-corrected chi connectivity index (χ1v) is 9.55. The van der Waals surface area contributed by atoms with Gasteiger partial charge in [-0.05, 0) is 26.7 Å². The number of rotatable bonds is 12. The van der Waals surface area contributed by atoms with Gasteiger partial charge in [0.05, 0.1) is 6.42 Å². The van der Waals surface area contributed by atoms with Crippen LogP contribution < -0.4 is 16.4 Å². The molecule has 0 aliphatic rings. The van der Waals surface area contributed by atoms with Crippen molar-refractivity contribution in [2.75, 3.05) is 22.9 Å². The molecule has 1 aromatic rings. The fourth-order valence-electron chi connectivity index (χ4n) is 2.20. The number of carbonyl (C=O) groups is 3. The Morgan fingerprint density at radius 1 is 1.17 bits per heavy atom. The van der Waals surface area contributed by atoms with Gasteiger partial charge in [0.1, 0.15) is 11.5 Å². The number of carboxylic acid groups (broad SMARTS) is 2. The van der Waals surface area contributed by atoms with Crippen molar-refractivity contribution >= 4 is 35.7 Å². The van der Waals surface area contributed by atoms with Gasteiger partial charge in [-0.1, -0.05) is 30.7 Å². The molecule has 0 bridgehead atoms. The van der Waals surface area contributed by atoms with E-state index in [1.165, 1.54) is 0 Å². The van der Waals surface area contributed by atoms with Crippen molar-refractivity contribution in [3.8, 4) is 0 Å². The van der Waals surface area contributed by atoms with Crippen LogP contribution in [0.5, 0.6) is 0 Å². The number of aliphatic carboxylic acids is 2. The normalized spacial score (nSPS) is 10.8. The smallest absolute Gasteiger partial charge is 0.303 e. The molecule has 1 heterocycles. The number of nitrogens with zero attached hydrogens (tertiary/aromatic N) is 2. The van der Waals surface area contributed by atoms with Crippen LogP contribution in [0, 0.1) is 0 Å². The standard InChI is InChI=1S/C14H21N5O3.C6H10O2/c1-3-4-9(2)7-16-14-12(17-8-20)13(15)18-10(19-14)5-6-11(21)22;1-2-3-4-5-6(7)8/h4,8H,3,5-7H2,1-2H3,(H,17,20)(H,21,22)(H3,15,16,18,19);2-3H,4-5H2,1H3,(H,7,8)/b9-4+;3-2-. The Bertz CT molecular complexity index is 762. The van der Waals surface area contributed by atoms with Gasteiger partial charge in [-0.25, -0.2) is 9.97 Å². The van der Waals surface area contributed by atoms with Crippen LogP contribution in [0.15, 0.2) is 23.8 Å². The highest BCUT2D eigenvalue weighted by Gasteiger charge is 2.13. The van der Waals surface area contributed by atoms with Crippen molar-refractivity contribution in [2.24, 2.45) is 0 Å². The first-order valence-electron chi connectivity index (χ1n) is 9.55. The Kier molecular flexibility index (Phi) is 13.7. The van der Waals surface area contributed by atoms with Crippen LogP contribution in [0.3, 0.4) is 0 Å². The highest BCUT2D eigenvalue weighted by molar-refractivity contribution is 5.85. The van der Waals surface area contributed by atoms with E-state index in [0.29, 0.717) is 36.7 Å². The fraction of sp³-hybridized carbons (Fsp3) is 0.450. The molecule has 0 fully saturated rings. The van der Waals surface area contributed by atoms with Crippen molar-refractivity contribution in [3.63, 3.8) is 0 Å². The number of aromatic nitrogens is 2. The highest BCUT2D eigenvalue weighted by atomic mass is 16.4. The first kappa shape index (κ1) is 26.6. The second-order valence-electron chi connectivity index (χ2n) is 6.22. The zero-order valence-electron chi connectivity index (χ0n) is 17.6. The molecule has 0 unspecified atom stereocenters. The summed E-state index contributed by atoms with van der Waals surface area (Å²) in [6.07, 6.45) is 8.13. The molecule has 10 nitrogen and oxygen atoms in total. The second kappa shape index (κ2) is 15.5. The minimum atomic E-state index is -0.937. The second-order valence-corrected chi connectivity index (χ2v) is 6.22. The van der Waals surface area contributed by atoms with Crippen LogP contribution in [0.25, 0.3) is 0 Å². The Morgan fingerprint density at radius 3 is 2.37 bits per heavy atom. The summed E-state index contributed by atoms with van der Waals surface area (Å²) in [4.78, 5) is 39.4. The van der Waals surface area contributed by atoms with Crippen molar-refractivity contribution in [1.82, 2.24) is 9.97 Å². The van der Waals surface area contributed by atoms with E-state index >= 15 is 0 Å². The molecule has 1 rings (SSSR count).